The second-order valence-corrected chi connectivity index (χ2v) is 13.4. The SMILES string of the molecule is Cc1ccc(C2(C(=O)N[C@H]3CC[C@@H](n4c(=O)c5cc(F)cnc5n(C5CCSCC5)c4=O)CC3)CCCCC2)cc1. The summed E-state index contributed by atoms with van der Waals surface area (Å²) in [5.74, 6) is 1.40. The number of benzene rings is 1. The van der Waals surface area contributed by atoms with E-state index in [-0.39, 0.29) is 40.8 Å². The number of fused-ring (bicyclic) bond motifs is 1. The lowest BCUT2D eigenvalue weighted by Gasteiger charge is -2.39. The second kappa shape index (κ2) is 11.7. The summed E-state index contributed by atoms with van der Waals surface area (Å²) in [7, 11) is 0. The van der Waals surface area contributed by atoms with Crippen LogP contribution < -0.4 is 16.6 Å². The maximum Gasteiger partial charge on any atom is 0.333 e. The van der Waals surface area contributed by atoms with Crippen LogP contribution >= 0.6 is 11.8 Å². The van der Waals surface area contributed by atoms with Crippen LogP contribution in [0.4, 0.5) is 4.39 Å². The van der Waals surface area contributed by atoms with Crippen LogP contribution in [-0.4, -0.2) is 37.6 Å². The van der Waals surface area contributed by atoms with Gasteiger partial charge in [-0.1, -0.05) is 49.1 Å². The highest BCUT2D eigenvalue weighted by Gasteiger charge is 2.42. The summed E-state index contributed by atoms with van der Waals surface area (Å²) in [6.07, 6.45) is 10.3. The fourth-order valence-corrected chi connectivity index (χ4v) is 8.36. The summed E-state index contributed by atoms with van der Waals surface area (Å²) in [6.45, 7) is 2.06. The Bertz CT molecular complexity index is 1530. The third-order valence-electron chi connectivity index (χ3n) is 9.62. The molecule has 3 heterocycles. The van der Waals surface area contributed by atoms with Crippen LogP contribution in [-0.2, 0) is 10.2 Å². The molecule has 1 aliphatic heterocycles. The maximum atomic E-state index is 14.2. The number of thioether (sulfide) groups is 1. The maximum absolute atomic E-state index is 14.2. The van der Waals surface area contributed by atoms with Gasteiger partial charge in [-0.3, -0.25) is 18.7 Å². The Morgan fingerprint density at radius 3 is 2.29 bits per heavy atom. The number of halogens is 1. The molecule has 1 saturated heterocycles. The molecule has 41 heavy (non-hydrogen) atoms. The number of aryl methyl sites for hydroxylation is 1. The van der Waals surface area contributed by atoms with Crippen molar-refractivity contribution in [2.75, 3.05) is 11.5 Å². The normalized spacial score (nSPS) is 23.4. The van der Waals surface area contributed by atoms with Gasteiger partial charge < -0.3 is 5.32 Å². The van der Waals surface area contributed by atoms with Gasteiger partial charge in [0.1, 0.15) is 11.5 Å². The Morgan fingerprint density at radius 2 is 1.61 bits per heavy atom. The van der Waals surface area contributed by atoms with Crippen molar-refractivity contribution in [3.05, 3.63) is 74.3 Å². The summed E-state index contributed by atoms with van der Waals surface area (Å²) in [4.78, 5) is 45.6. The van der Waals surface area contributed by atoms with Gasteiger partial charge in [0.25, 0.3) is 5.56 Å². The highest BCUT2D eigenvalue weighted by atomic mass is 32.2. The molecule has 2 saturated carbocycles. The van der Waals surface area contributed by atoms with Crippen LogP contribution in [0.2, 0.25) is 0 Å². The summed E-state index contributed by atoms with van der Waals surface area (Å²) in [5, 5.41) is 3.53. The molecule has 7 nitrogen and oxygen atoms in total. The van der Waals surface area contributed by atoms with E-state index in [9.17, 15) is 18.8 Å². The first kappa shape index (κ1) is 28.2. The van der Waals surface area contributed by atoms with Crippen molar-refractivity contribution in [3.63, 3.8) is 0 Å². The number of pyridine rings is 1. The van der Waals surface area contributed by atoms with E-state index in [2.05, 4.69) is 41.5 Å². The molecule has 0 unspecified atom stereocenters. The van der Waals surface area contributed by atoms with Gasteiger partial charge in [-0.15, -0.1) is 0 Å². The summed E-state index contributed by atoms with van der Waals surface area (Å²) >= 11 is 1.86. The van der Waals surface area contributed by atoms with Crippen LogP contribution in [0, 0.1) is 12.7 Å². The predicted molar refractivity (Wildman–Crippen MR) is 161 cm³/mol. The largest absolute Gasteiger partial charge is 0.353 e. The molecule has 2 aromatic heterocycles. The van der Waals surface area contributed by atoms with Crippen molar-refractivity contribution in [2.45, 2.75) is 101 Å². The number of nitrogens with one attached hydrogen (secondary N) is 1. The van der Waals surface area contributed by atoms with Crippen LogP contribution in [0.5, 0.6) is 0 Å². The molecule has 6 rings (SSSR count). The number of rotatable bonds is 5. The molecule has 0 spiro atoms. The van der Waals surface area contributed by atoms with E-state index >= 15 is 0 Å². The molecule has 1 N–H and O–H groups in total. The zero-order valence-corrected chi connectivity index (χ0v) is 24.6. The Morgan fingerprint density at radius 1 is 0.951 bits per heavy atom. The zero-order valence-electron chi connectivity index (χ0n) is 23.7. The minimum absolute atomic E-state index is 0.00383. The predicted octanol–water partition coefficient (Wildman–Crippen LogP) is 5.58. The van der Waals surface area contributed by atoms with Gasteiger partial charge in [-0.2, -0.15) is 11.8 Å². The van der Waals surface area contributed by atoms with Crippen molar-refractivity contribution in [1.29, 1.82) is 0 Å². The Labute approximate surface area is 243 Å². The van der Waals surface area contributed by atoms with Gasteiger partial charge in [0.15, 0.2) is 0 Å². The minimum Gasteiger partial charge on any atom is -0.353 e. The van der Waals surface area contributed by atoms with E-state index in [1.807, 2.05) is 11.8 Å². The molecule has 1 aromatic carbocycles. The molecule has 218 valence electrons. The average Bonchev–Trinajstić information content (AvgIpc) is 2.99. The smallest absolute Gasteiger partial charge is 0.333 e. The third kappa shape index (κ3) is 5.38. The fraction of sp³-hybridized carbons (Fsp3) is 0.562. The van der Waals surface area contributed by atoms with Gasteiger partial charge in [-0.05, 0) is 81.4 Å². The molecule has 0 atom stereocenters. The van der Waals surface area contributed by atoms with Crippen molar-refractivity contribution in [3.8, 4) is 0 Å². The number of hydrogen-bond acceptors (Lipinski definition) is 5. The van der Waals surface area contributed by atoms with Crippen LogP contribution in [0.25, 0.3) is 11.0 Å². The highest BCUT2D eigenvalue weighted by molar-refractivity contribution is 7.99. The van der Waals surface area contributed by atoms with Gasteiger partial charge in [-0.25, -0.2) is 14.2 Å². The van der Waals surface area contributed by atoms with Gasteiger partial charge in [0.2, 0.25) is 5.91 Å². The molecular weight excluding hydrogens is 539 g/mol. The zero-order chi connectivity index (χ0) is 28.6. The number of aromatic nitrogens is 3. The number of carbonyl (C=O) groups excluding carboxylic acids is 1. The molecule has 3 fully saturated rings. The molecule has 0 radical (unpaired) electrons. The number of carbonyl (C=O) groups is 1. The molecule has 0 bridgehead atoms. The molecule has 2 aliphatic carbocycles. The lowest BCUT2D eigenvalue weighted by molar-refractivity contribution is -0.129. The second-order valence-electron chi connectivity index (χ2n) is 12.2. The summed E-state index contributed by atoms with van der Waals surface area (Å²) in [6, 6.07) is 9.26. The average molecular weight is 579 g/mol. The van der Waals surface area contributed by atoms with E-state index < -0.39 is 16.8 Å². The van der Waals surface area contributed by atoms with Crippen molar-refractivity contribution in [2.24, 2.45) is 0 Å². The first-order valence-electron chi connectivity index (χ1n) is 15.2. The summed E-state index contributed by atoms with van der Waals surface area (Å²) in [5.41, 5.74) is 1.25. The number of amides is 1. The van der Waals surface area contributed by atoms with Crippen LogP contribution in [0.1, 0.15) is 93.8 Å². The molecular formula is C32H39FN4O3S. The van der Waals surface area contributed by atoms with Crippen molar-refractivity contribution in [1.82, 2.24) is 19.4 Å². The van der Waals surface area contributed by atoms with Gasteiger partial charge >= 0.3 is 5.69 Å². The lowest BCUT2D eigenvalue weighted by atomic mass is 9.68. The highest BCUT2D eigenvalue weighted by Crippen LogP contribution is 2.40. The first-order valence-corrected chi connectivity index (χ1v) is 16.3. The number of hydrogen-bond donors (Lipinski definition) is 1. The molecule has 1 amide bonds. The Kier molecular flexibility index (Phi) is 8.07. The first-order chi connectivity index (χ1) is 19.9. The fourth-order valence-electron chi connectivity index (χ4n) is 7.28. The van der Waals surface area contributed by atoms with Crippen molar-refractivity contribution < 1.29 is 9.18 Å². The molecule has 3 aromatic rings. The number of nitrogens with zero attached hydrogens (tertiary/aromatic N) is 3. The Balaban J connectivity index is 1.24. The molecule has 3 aliphatic rings. The monoisotopic (exact) mass is 578 g/mol. The van der Waals surface area contributed by atoms with E-state index in [0.717, 1.165) is 68.2 Å². The van der Waals surface area contributed by atoms with E-state index in [1.165, 1.54) is 16.2 Å². The van der Waals surface area contributed by atoms with E-state index in [4.69, 9.17) is 0 Å². The van der Waals surface area contributed by atoms with Gasteiger partial charge in [0.05, 0.1) is 17.0 Å². The standard InChI is InChI=1S/C32H39FN4O3S/c1-21-5-7-22(8-6-21)32(15-3-2-4-16-32)30(39)35-24-9-11-25(12-10-24)37-29(38)27-19-23(33)20-34-28(27)36(31(37)40)26-13-17-41-18-14-26/h5-8,19-20,24-26H,2-4,9-18H2,1H3,(H,35,39)/t24-,25+. The topological polar surface area (TPSA) is 86.0 Å². The Hall–Kier alpha value is -2.94. The van der Waals surface area contributed by atoms with Crippen LogP contribution in [0.3, 0.4) is 0 Å². The minimum atomic E-state index is -0.581. The van der Waals surface area contributed by atoms with Crippen molar-refractivity contribution >= 4 is 28.7 Å². The lowest BCUT2D eigenvalue weighted by Crippen LogP contribution is -2.51. The van der Waals surface area contributed by atoms with Crippen LogP contribution in [0.15, 0.2) is 46.1 Å². The van der Waals surface area contributed by atoms with E-state index in [0.29, 0.717) is 25.7 Å². The molecule has 9 heteroatoms. The third-order valence-corrected chi connectivity index (χ3v) is 10.7. The van der Waals surface area contributed by atoms with E-state index in [1.54, 1.807) is 4.57 Å². The van der Waals surface area contributed by atoms with Gasteiger partial charge in [0, 0.05) is 18.1 Å². The quantitative estimate of drug-likeness (QED) is 0.428. The summed E-state index contributed by atoms with van der Waals surface area (Å²) < 4.78 is 17.2.